The summed E-state index contributed by atoms with van der Waals surface area (Å²) in [5, 5.41) is 3.17. The number of ether oxygens (including phenoxy) is 2. The Morgan fingerprint density at radius 3 is 2.66 bits per heavy atom. The van der Waals surface area contributed by atoms with Gasteiger partial charge in [-0.1, -0.05) is 23.7 Å². The van der Waals surface area contributed by atoms with Crippen LogP contribution in [0.4, 0.5) is 24.9 Å². The Hall–Kier alpha value is -2.79. The van der Waals surface area contributed by atoms with Crippen LogP contribution in [0, 0.1) is 0 Å². The molecule has 4 rings (SSSR count). The van der Waals surface area contributed by atoms with Crippen molar-refractivity contribution in [1.82, 2.24) is 15.3 Å². The molecule has 2 fully saturated rings. The minimum absolute atomic E-state index is 0.0620. The zero-order chi connectivity index (χ0) is 25.2. The molecule has 2 saturated heterocycles. The van der Waals surface area contributed by atoms with Crippen LogP contribution in [0.5, 0.6) is 5.75 Å². The van der Waals surface area contributed by atoms with Gasteiger partial charge in [0, 0.05) is 26.4 Å². The van der Waals surface area contributed by atoms with Crippen molar-refractivity contribution in [3.63, 3.8) is 0 Å². The Kier molecular flexibility index (Phi) is 7.56. The van der Waals surface area contributed by atoms with Crippen molar-refractivity contribution in [2.75, 3.05) is 42.6 Å². The highest BCUT2D eigenvalue weighted by molar-refractivity contribution is 6.32. The second-order valence-electron chi connectivity index (χ2n) is 8.65. The summed E-state index contributed by atoms with van der Waals surface area (Å²) in [4.78, 5) is 23.3. The topological polar surface area (TPSA) is 79.8 Å². The van der Waals surface area contributed by atoms with Gasteiger partial charge in [0.15, 0.2) is 11.9 Å². The van der Waals surface area contributed by atoms with Crippen molar-refractivity contribution >= 4 is 29.3 Å². The fourth-order valence-electron chi connectivity index (χ4n) is 4.18. The molecule has 2 aliphatic heterocycles. The first kappa shape index (κ1) is 25.3. The average molecular weight is 514 g/mol. The Morgan fingerprint density at radius 1 is 1.23 bits per heavy atom. The summed E-state index contributed by atoms with van der Waals surface area (Å²) in [6.07, 6.45) is -4.29. The molecular formula is C23H27ClF3N5O3. The third kappa shape index (κ3) is 6.26. The Bertz CT molecular complexity index is 1040. The van der Waals surface area contributed by atoms with E-state index in [1.165, 1.54) is 18.0 Å². The predicted molar refractivity (Wildman–Crippen MR) is 125 cm³/mol. The minimum Gasteiger partial charge on any atom is -0.489 e. The van der Waals surface area contributed by atoms with E-state index >= 15 is 0 Å². The quantitative estimate of drug-likeness (QED) is 0.630. The molecule has 0 aliphatic carbocycles. The number of carbonyl (C=O) groups excluding carboxylic acids is 1. The van der Waals surface area contributed by atoms with Gasteiger partial charge in [0.2, 0.25) is 11.9 Å². The summed E-state index contributed by atoms with van der Waals surface area (Å²) in [5.41, 5.74) is 0.969. The van der Waals surface area contributed by atoms with Crippen molar-refractivity contribution in [3.05, 3.63) is 41.0 Å². The lowest BCUT2D eigenvalue weighted by Gasteiger charge is -2.34. The predicted octanol–water partition coefficient (Wildman–Crippen LogP) is 3.75. The number of amides is 1. The second-order valence-corrected chi connectivity index (χ2v) is 9.06. The molecule has 8 nitrogen and oxygen atoms in total. The first-order chi connectivity index (χ1) is 16.6. The standard InChI is InChI=1S/C23H27ClF3N5O3/c1-14(29-15(2)33)16-3-5-17(6-4-16)35-18-7-8-31(12-18)21-19(24)11-28-22(30-21)32-9-10-34-20(13-32)23(25,26)27/h3-6,11,14,18,20H,7-10,12-13H2,1-2H3,(H,29,33)/t14-,18+,20?/m0/s1. The third-order valence-corrected chi connectivity index (χ3v) is 6.24. The fraction of sp³-hybridized carbons (Fsp3) is 0.522. The third-order valence-electron chi connectivity index (χ3n) is 5.97. The Morgan fingerprint density at radius 2 is 1.97 bits per heavy atom. The molecule has 1 N–H and O–H groups in total. The number of nitrogens with one attached hydrogen (secondary N) is 1. The maximum atomic E-state index is 13.1. The van der Waals surface area contributed by atoms with Gasteiger partial charge in [0.25, 0.3) is 0 Å². The number of aromatic nitrogens is 2. The van der Waals surface area contributed by atoms with Crippen molar-refractivity contribution in [2.24, 2.45) is 0 Å². The lowest BCUT2D eigenvalue weighted by atomic mass is 10.1. The number of carbonyl (C=O) groups is 1. The molecule has 12 heteroatoms. The molecule has 0 spiro atoms. The molecule has 0 saturated carbocycles. The van der Waals surface area contributed by atoms with Crippen LogP contribution in [-0.4, -0.2) is 67.0 Å². The number of rotatable bonds is 6. The Balaban J connectivity index is 1.39. The molecular weight excluding hydrogens is 487 g/mol. The van der Waals surface area contributed by atoms with Gasteiger partial charge in [0.05, 0.1) is 31.9 Å². The molecule has 1 aromatic carbocycles. The van der Waals surface area contributed by atoms with E-state index in [1.54, 1.807) is 0 Å². The molecule has 0 radical (unpaired) electrons. The highest BCUT2D eigenvalue weighted by Gasteiger charge is 2.44. The lowest BCUT2D eigenvalue weighted by Crippen LogP contribution is -2.49. The van der Waals surface area contributed by atoms with Gasteiger partial charge < -0.3 is 24.6 Å². The van der Waals surface area contributed by atoms with Gasteiger partial charge in [0.1, 0.15) is 16.9 Å². The van der Waals surface area contributed by atoms with Gasteiger partial charge in [-0.25, -0.2) is 4.98 Å². The molecule has 1 aromatic heterocycles. The van der Waals surface area contributed by atoms with Crippen molar-refractivity contribution in [3.8, 4) is 5.75 Å². The highest BCUT2D eigenvalue weighted by atomic mass is 35.5. The van der Waals surface area contributed by atoms with E-state index in [1.807, 2.05) is 36.1 Å². The van der Waals surface area contributed by atoms with Crippen LogP contribution in [0.2, 0.25) is 5.02 Å². The van der Waals surface area contributed by atoms with E-state index in [0.29, 0.717) is 29.7 Å². The number of anilines is 2. The van der Waals surface area contributed by atoms with Gasteiger partial charge in [-0.2, -0.15) is 18.2 Å². The SMILES string of the molecule is CC(=O)N[C@@H](C)c1ccc(O[C@@H]2CCN(c3nc(N4CCOC(C(F)(F)F)C4)ncc3Cl)C2)cc1. The van der Waals surface area contributed by atoms with Crippen LogP contribution in [0.25, 0.3) is 0 Å². The first-order valence-corrected chi connectivity index (χ1v) is 11.7. The van der Waals surface area contributed by atoms with Crippen LogP contribution in [0.3, 0.4) is 0 Å². The lowest BCUT2D eigenvalue weighted by molar-refractivity contribution is -0.221. The smallest absolute Gasteiger partial charge is 0.416 e. The molecule has 3 atom stereocenters. The molecule has 190 valence electrons. The van der Waals surface area contributed by atoms with E-state index in [-0.39, 0.29) is 43.7 Å². The van der Waals surface area contributed by atoms with E-state index in [9.17, 15) is 18.0 Å². The first-order valence-electron chi connectivity index (χ1n) is 11.3. The number of hydrogen-bond donors (Lipinski definition) is 1. The maximum Gasteiger partial charge on any atom is 0.416 e. The van der Waals surface area contributed by atoms with Gasteiger partial charge >= 0.3 is 6.18 Å². The summed E-state index contributed by atoms with van der Waals surface area (Å²) in [6.45, 7) is 4.37. The molecule has 0 bridgehead atoms. The molecule has 3 heterocycles. The average Bonchev–Trinajstić information content (AvgIpc) is 3.27. The van der Waals surface area contributed by atoms with Gasteiger partial charge in [-0.3, -0.25) is 4.79 Å². The summed E-state index contributed by atoms with van der Waals surface area (Å²) in [5.74, 6) is 1.27. The summed E-state index contributed by atoms with van der Waals surface area (Å²) in [6, 6.07) is 7.44. The highest BCUT2D eigenvalue weighted by Crippen LogP contribution is 2.31. The zero-order valence-electron chi connectivity index (χ0n) is 19.4. The van der Waals surface area contributed by atoms with Crippen LogP contribution < -0.4 is 19.9 Å². The van der Waals surface area contributed by atoms with Gasteiger partial charge in [-0.05, 0) is 24.6 Å². The fourth-order valence-corrected chi connectivity index (χ4v) is 4.40. The Labute approximate surface area is 206 Å². The number of halogens is 4. The van der Waals surface area contributed by atoms with Gasteiger partial charge in [-0.15, -0.1) is 0 Å². The van der Waals surface area contributed by atoms with Crippen LogP contribution in [-0.2, 0) is 9.53 Å². The van der Waals surface area contributed by atoms with Crippen molar-refractivity contribution < 1.29 is 27.4 Å². The monoisotopic (exact) mass is 513 g/mol. The summed E-state index contributed by atoms with van der Waals surface area (Å²) >= 11 is 6.35. The molecule has 1 unspecified atom stereocenters. The van der Waals surface area contributed by atoms with E-state index < -0.39 is 12.3 Å². The summed E-state index contributed by atoms with van der Waals surface area (Å²) < 4.78 is 50.3. The van der Waals surface area contributed by atoms with E-state index in [4.69, 9.17) is 21.1 Å². The van der Waals surface area contributed by atoms with Crippen LogP contribution >= 0.6 is 11.6 Å². The molecule has 2 aromatic rings. The van der Waals surface area contributed by atoms with E-state index in [0.717, 1.165) is 12.0 Å². The number of hydrogen-bond acceptors (Lipinski definition) is 7. The zero-order valence-corrected chi connectivity index (χ0v) is 20.1. The van der Waals surface area contributed by atoms with Crippen molar-refractivity contribution in [1.29, 1.82) is 0 Å². The number of nitrogens with zero attached hydrogens (tertiary/aromatic N) is 4. The normalized spacial score (nSPS) is 21.7. The van der Waals surface area contributed by atoms with E-state index in [2.05, 4.69) is 15.3 Å². The molecule has 35 heavy (non-hydrogen) atoms. The number of morpholine rings is 1. The number of alkyl halides is 3. The number of benzene rings is 1. The molecule has 2 aliphatic rings. The largest absolute Gasteiger partial charge is 0.489 e. The maximum absolute atomic E-state index is 13.1. The molecule has 1 amide bonds. The van der Waals surface area contributed by atoms with Crippen molar-refractivity contribution in [2.45, 2.75) is 44.7 Å². The minimum atomic E-state index is -4.45. The van der Waals surface area contributed by atoms with Crippen LogP contribution in [0.1, 0.15) is 31.9 Å². The summed E-state index contributed by atoms with van der Waals surface area (Å²) in [7, 11) is 0. The van der Waals surface area contributed by atoms with Crippen LogP contribution in [0.15, 0.2) is 30.5 Å². The second kappa shape index (κ2) is 10.4.